The Bertz CT molecular complexity index is 39.2. The Balaban J connectivity index is 0. The maximum absolute atomic E-state index is 6.28. The summed E-state index contributed by atoms with van der Waals surface area (Å²) in [5, 5.41) is 6.28. The van der Waals surface area contributed by atoms with Gasteiger partial charge in [0.15, 0.2) is 5.96 Å². The molecule has 5 nitrogen and oxygen atoms in total. The van der Waals surface area contributed by atoms with Crippen molar-refractivity contribution >= 4 is 5.96 Å². The first-order valence-electron chi connectivity index (χ1n) is 1.08. The van der Waals surface area contributed by atoms with Crippen molar-refractivity contribution in [3.8, 4) is 0 Å². The fourth-order valence-electron chi connectivity index (χ4n) is 0. The van der Waals surface area contributed by atoms with Gasteiger partial charge >= 0.3 is 0 Å². The van der Waals surface area contributed by atoms with Gasteiger partial charge in [0.25, 0.3) is 0 Å². The predicted octanol–water partition coefficient (Wildman–Crippen LogP) is -1.49. The molecule has 9 N–H and O–H groups in total. The lowest BCUT2D eigenvalue weighted by Gasteiger charge is -1.85. The summed E-state index contributed by atoms with van der Waals surface area (Å²) in [5.74, 6) is 4.35. The summed E-state index contributed by atoms with van der Waals surface area (Å²) in [6.45, 7) is 0. The van der Waals surface area contributed by atoms with Gasteiger partial charge in [0.05, 0.1) is 0 Å². The molecule has 0 saturated heterocycles. The number of guanidine groups is 1. The first-order valence-corrected chi connectivity index (χ1v) is 1.08. The maximum atomic E-state index is 6.28. The fourth-order valence-corrected chi connectivity index (χ4v) is 0. The van der Waals surface area contributed by atoms with E-state index in [0.29, 0.717) is 0 Å². The van der Waals surface area contributed by atoms with E-state index in [2.05, 4.69) is 11.6 Å². The Hall–Kier alpha value is -0.810. The predicted molar refractivity (Wildman–Crippen MR) is 24.3 cm³/mol. The van der Waals surface area contributed by atoms with Crippen LogP contribution in [-0.4, -0.2) is 5.96 Å². The molecule has 0 unspecified atom stereocenters. The molecule has 0 aromatic heterocycles. The summed E-state index contributed by atoms with van der Waals surface area (Å²) in [4.78, 5) is 0. The van der Waals surface area contributed by atoms with Crippen molar-refractivity contribution in [2.24, 2.45) is 11.6 Å². The second-order valence-electron chi connectivity index (χ2n) is 0.558. The van der Waals surface area contributed by atoms with Gasteiger partial charge in [-0.1, -0.05) is 0 Å². The van der Waals surface area contributed by atoms with Crippen molar-refractivity contribution in [2.75, 3.05) is 0 Å². The number of nitrogens with one attached hydrogen (secondary N) is 2. The molecule has 0 aromatic carbocycles. The lowest BCUT2D eigenvalue weighted by Crippen LogP contribution is -2.35. The molecule has 0 amide bonds. The second kappa shape index (κ2) is 4.19. The van der Waals surface area contributed by atoms with Gasteiger partial charge in [-0.15, -0.1) is 0 Å². The van der Waals surface area contributed by atoms with Crippen LogP contribution in [0.15, 0.2) is 0 Å². The largest absolute Gasteiger partial charge is 0.369 e. The third-order valence-electron chi connectivity index (χ3n) is 0.156. The Labute approximate surface area is 35.8 Å². The summed E-state index contributed by atoms with van der Waals surface area (Å²) >= 11 is 0. The third kappa shape index (κ3) is 10.8. The lowest BCUT2D eigenvalue weighted by atomic mass is 11.1. The molecule has 6 heavy (non-hydrogen) atoms. The monoisotopic (exact) mass is 91.1 g/mol. The highest BCUT2D eigenvalue weighted by Gasteiger charge is 1.66. The van der Waals surface area contributed by atoms with E-state index in [9.17, 15) is 0 Å². The van der Waals surface area contributed by atoms with Crippen molar-refractivity contribution in [3.63, 3.8) is 0 Å². The van der Waals surface area contributed by atoms with Crippen LogP contribution in [-0.2, 0) is 0 Å². The van der Waals surface area contributed by atoms with E-state index in [1.54, 1.807) is 0 Å². The molecule has 38 valence electrons. The minimum absolute atomic E-state index is 0. The molecule has 0 fully saturated rings. The highest BCUT2D eigenvalue weighted by molar-refractivity contribution is 5.73. The molecule has 0 radical (unpaired) electrons. The Morgan fingerprint density at radius 3 is 1.83 bits per heavy atom. The van der Waals surface area contributed by atoms with Crippen LogP contribution >= 0.6 is 0 Å². The van der Waals surface area contributed by atoms with Crippen molar-refractivity contribution < 1.29 is 0 Å². The van der Waals surface area contributed by atoms with Crippen LogP contribution in [0.2, 0.25) is 0 Å². The van der Waals surface area contributed by atoms with Crippen LogP contribution in [0.1, 0.15) is 0 Å². The molecular weight excluding hydrogens is 82.0 g/mol. The van der Waals surface area contributed by atoms with Gasteiger partial charge < -0.3 is 11.9 Å². The van der Waals surface area contributed by atoms with Gasteiger partial charge in [-0.05, 0) is 0 Å². The molecule has 5 heteroatoms. The summed E-state index contributed by atoms with van der Waals surface area (Å²) in [6, 6.07) is 0. The van der Waals surface area contributed by atoms with Gasteiger partial charge in [-0.3, -0.25) is 10.8 Å². The van der Waals surface area contributed by atoms with Crippen molar-refractivity contribution in [3.05, 3.63) is 0 Å². The van der Waals surface area contributed by atoms with Crippen molar-refractivity contribution in [2.45, 2.75) is 0 Å². The molecule has 0 atom stereocenters. The van der Waals surface area contributed by atoms with E-state index < -0.39 is 0 Å². The van der Waals surface area contributed by atoms with Gasteiger partial charge in [0, 0.05) is 0 Å². The smallest absolute Gasteiger partial charge is 0.200 e. The number of nitrogens with two attached hydrogens (primary N) is 2. The van der Waals surface area contributed by atoms with Crippen LogP contribution in [0.25, 0.3) is 0 Å². The average Bonchev–Trinajstić information content (AvgIpc) is 1.38. The topological polar surface area (TPSA) is 123 Å². The van der Waals surface area contributed by atoms with E-state index in [-0.39, 0.29) is 12.1 Å². The summed E-state index contributed by atoms with van der Waals surface area (Å²) in [5.41, 5.74) is 6.53. The summed E-state index contributed by atoms with van der Waals surface area (Å²) < 4.78 is 0. The minimum atomic E-state index is -0.218. The summed E-state index contributed by atoms with van der Waals surface area (Å²) in [7, 11) is 0. The molecule has 0 heterocycles. The van der Waals surface area contributed by atoms with Gasteiger partial charge in [-0.2, -0.15) is 0 Å². The van der Waals surface area contributed by atoms with Gasteiger partial charge in [0.2, 0.25) is 0 Å². The molecule has 0 aliphatic heterocycles. The van der Waals surface area contributed by atoms with E-state index in [1.807, 2.05) is 5.43 Å². The summed E-state index contributed by atoms with van der Waals surface area (Å²) in [6.07, 6.45) is 0. The quantitative estimate of drug-likeness (QED) is 0.108. The molecule has 0 saturated carbocycles. The van der Waals surface area contributed by atoms with E-state index in [4.69, 9.17) is 5.41 Å². The Morgan fingerprint density at radius 2 is 1.83 bits per heavy atom. The highest BCUT2D eigenvalue weighted by Crippen LogP contribution is 1.25. The molecule has 0 rings (SSSR count). The number of hydrogen-bond acceptors (Lipinski definition) is 3. The zero-order chi connectivity index (χ0) is 4.28. The normalized spacial score (nSPS) is 5.50. The first-order chi connectivity index (χ1) is 2.27. The molecule has 0 bridgehead atoms. The Morgan fingerprint density at radius 1 is 1.67 bits per heavy atom. The van der Waals surface area contributed by atoms with Crippen LogP contribution in [0.3, 0.4) is 0 Å². The maximum Gasteiger partial charge on any atom is 0.200 e. The van der Waals surface area contributed by atoms with Crippen molar-refractivity contribution in [1.29, 1.82) is 5.41 Å². The second-order valence-corrected chi connectivity index (χ2v) is 0.558. The molecule has 0 spiro atoms. The number of rotatable bonds is 0. The third-order valence-corrected chi connectivity index (χ3v) is 0.156. The van der Waals surface area contributed by atoms with E-state index >= 15 is 0 Å². The van der Waals surface area contributed by atoms with E-state index in [1.165, 1.54) is 0 Å². The highest BCUT2D eigenvalue weighted by atomic mass is 15.3. The molecule has 0 aliphatic rings. The zero-order valence-corrected chi connectivity index (χ0v) is 3.36. The SMILES string of the molecule is N.N=C(N)NN. The standard InChI is InChI=1S/CH6N4.H3N/c2-1(3)5-4;/h4H2,(H4,2,3,5);1H3. The minimum Gasteiger partial charge on any atom is -0.369 e. The van der Waals surface area contributed by atoms with Crippen molar-refractivity contribution in [1.82, 2.24) is 11.6 Å². The fraction of sp³-hybridized carbons (Fsp3) is 0. The van der Waals surface area contributed by atoms with Crippen LogP contribution in [0.4, 0.5) is 0 Å². The first kappa shape index (κ1) is 8.95. The van der Waals surface area contributed by atoms with Crippen LogP contribution < -0.4 is 23.2 Å². The average molecular weight is 91.1 g/mol. The zero-order valence-electron chi connectivity index (χ0n) is 3.36. The van der Waals surface area contributed by atoms with Crippen LogP contribution in [0, 0.1) is 5.41 Å². The lowest BCUT2D eigenvalue weighted by molar-refractivity contribution is 0.995. The van der Waals surface area contributed by atoms with Gasteiger partial charge in [0.1, 0.15) is 0 Å². The molecule has 0 aromatic rings. The Kier molecular flexibility index (Phi) is 6.25. The number of hydrogen-bond donors (Lipinski definition) is 5. The number of hydrazine groups is 1. The van der Waals surface area contributed by atoms with Gasteiger partial charge in [-0.25, -0.2) is 5.84 Å². The molecule has 0 aliphatic carbocycles. The van der Waals surface area contributed by atoms with E-state index in [0.717, 1.165) is 0 Å². The van der Waals surface area contributed by atoms with Crippen LogP contribution in [0.5, 0.6) is 0 Å². The molecular formula is CH9N5.